The third kappa shape index (κ3) is 2.56. The topological polar surface area (TPSA) is 50.2 Å². The molecule has 1 aliphatic rings. The lowest BCUT2D eigenvalue weighted by atomic mass is 10.0. The highest BCUT2D eigenvalue weighted by molar-refractivity contribution is 7.09. The quantitative estimate of drug-likeness (QED) is 0.786. The van der Waals surface area contributed by atoms with Gasteiger partial charge in [0.2, 0.25) is 0 Å². The van der Waals surface area contributed by atoms with Crippen molar-refractivity contribution in [3.63, 3.8) is 0 Å². The molecule has 0 radical (unpaired) electrons. The molecule has 0 spiro atoms. The second-order valence-electron chi connectivity index (χ2n) is 4.06. The number of aromatic nitrogens is 1. The summed E-state index contributed by atoms with van der Waals surface area (Å²) in [4.78, 5) is 14.9. The zero-order valence-corrected chi connectivity index (χ0v) is 9.42. The van der Waals surface area contributed by atoms with Crippen molar-refractivity contribution < 1.29 is 9.90 Å². The Kier molecular flexibility index (Phi) is 3.36. The summed E-state index contributed by atoms with van der Waals surface area (Å²) < 4.78 is 0. The number of hydrogen-bond acceptors (Lipinski definition) is 3. The highest BCUT2D eigenvalue weighted by Gasteiger charge is 2.19. The predicted octanol–water partition coefficient (Wildman–Crippen LogP) is 3.28. The van der Waals surface area contributed by atoms with Crippen LogP contribution in [0, 0.1) is 0 Å². The fourth-order valence-corrected chi connectivity index (χ4v) is 3.06. The monoisotopic (exact) mass is 225 g/mol. The average Bonchev–Trinajstić information content (AvgIpc) is 2.55. The third-order valence-corrected chi connectivity index (χ3v) is 3.95. The molecule has 1 aromatic heterocycles. The van der Waals surface area contributed by atoms with Gasteiger partial charge in [-0.25, -0.2) is 9.78 Å². The maximum atomic E-state index is 10.7. The molecule has 1 aliphatic carbocycles. The van der Waals surface area contributed by atoms with E-state index < -0.39 is 5.97 Å². The summed E-state index contributed by atoms with van der Waals surface area (Å²) in [5.74, 6) is -0.406. The van der Waals surface area contributed by atoms with E-state index in [-0.39, 0.29) is 5.69 Å². The summed E-state index contributed by atoms with van der Waals surface area (Å²) in [5.41, 5.74) is 0.208. The molecule has 0 unspecified atom stereocenters. The lowest BCUT2D eigenvalue weighted by Gasteiger charge is -2.09. The highest BCUT2D eigenvalue weighted by atomic mass is 32.1. The van der Waals surface area contributed by atoms with Gasteiger partial charge in [-0.1, -0.05) is 25.7 Å². The van der Waals surface area contributed by atoms with Crippen LogP contribution in [-0.4, -0.2) is 16.1 Å². The van der Waals surface area contributed by atoms with Gasteiger partial charge in [0.25, 0.3) is 0 Å². The minimum Gasteiger partial charge on any atom is -0.476 e. The van der Waals surface area contributed by atoms with Crippen molar-refractivity contribution in [1.29, 1.82) is 0 Å². The molecule has 0 aliphatic heterocycles. The first kappa shape index (κ1) is 10.6. The maximum absolute atomic E-state index is 10.7. The van der Waals surface area contributed by atoms with Gasteiger partial charge in [0.15, 0.2) is 5.69 Å². The molecule has 2 rings (SSSR count). The predicted molar refractivity (Wildman–Crippen MR) is 59.5 cm³/mol. The Labute approximate surface area is 93.2 Å². The van der Waals surface area contributed by atoms with Crippen LogP contribution in [0.15, 0.2) is 5.38 Å². The van der Waals surface area contributed by atoms with Gasteiger partial charge in [0.1, 0.15) is 0 Å². The van der Waals surface area contributed by atoms with E-state index >= 15 is 0 Å². The SMILES string of the molecule is O=C(O)c1csc(C2CCCCCC2)n1. The first-order chi connectivity index (χ1) is 7.27. The fourth-order valence-electron chi connectivity index (χ4n) is 2.10. The third-order valence-electron chi connectivity index (χ3n) is 2.95. The molecule has 1 saturated carbocycles. The molecule has 1 heterocycles. The first-order valence-corrected chi connectivity index (χ1v) is 6.34. The molecule has 1 N–H and O–H groups in total. The molecule has 0 saturated heterocycles. The van der Waals surface area contributed by atoms with Crippen LogP contribution in [0.5, 0.6) is 0 Å². The number of carbonyl (C=O) groups is 1. The molecule has 0 amide bonds. The molecule has 4 heteroatoms. The van der Waals surface area contributed by atoms with Crippen LogP contribution in [0.2, 0.25) is 0 Å². The number of aromatic carboxylic acids is 1. The van der Waals surface area contributed by atoms with Crippen LogP contribution in [0.4, 0.5) is 0 Å². The summed E-state index contributed by atoms with van der Waals surface area (Å²) in [6.07, 6.45) is 7.49. The van der Waals surface area contributed by atoms with Gasteiger partial charge >= 0.3 is 5.97 Å². The van der Waals surface area contributed by atoms with Crippen molar-refractivity contribution in [2.24, 2.45) is 0 Å². The maximum Gasteiger partial charge on any atom is 0.355 e. The zero-order chi connectivity index (χ0) is 10.7. The van der Waals surface area contributed by atoms with Crippen molar-refractivity contribution in [3.05, 3.63) is 16.1 Å². The lowest BCUT2D eigenvalue weighted by molar-refractivity contribution is 0.0691. The Morgan fingerprint density at radius 2 is 2.00 bits per heavy atom. The minimum atomic E-state index is -0.911. The van der Waals surface area contributed by atoms with Crippen LogP contribution in [0.25, 0.3) is 0 Å². The van der Waals surface area contributed by atoms with Gasteiger partial charge in [-0.05, 0) is 12.8 Å². The van der Waals surface area contributed by atoms with E-state index in [2.05, 4.69) is 4.98 Å². The van der Waals surface area contributed by atoms with Crippen molar-refractivity contribution >= 4 is 17.3 Å². The summed E-state index contributed by atoms with van der Waals surface area (Å²) in [7, 11) is 0. The molecular formula is C11H15NO2S. The smallest absolute Gasteiger partial charge is 0.355 e. The molecule has 15 heavy (non-hydrogen) atoms. The van der Waals surface area contributed by atoms with Gasteiger partial charge in [0, 0.05) is 11.3 Å². The van der Waals surface area contributed by atoms with E-state index in [1.54, 1.807) is 5.38 Å². The summed E-state index contributed by atoms with van der Waals surface area (Å²) >= 11 is 1.50. The van der Waals surface area contributed by atoms with Crippen molar-refractivity contribution in [1.82, 2.24) is 4.98 Å². The molecule has 82 valence electrons. The number of carboxylic acids is 1. The molecule has 1 fully saturated rings. The Morgan fingerprint density at radius 3 is 2.53 bits per heavy atom. The lowest BCUT2D eigenvalue weighted by Crippen LogP contribution is -2.00. The number of hydrogen-bond donors (Lipinski definition) is 1. The van der Waals surface area contributed by atoms with Crippen molar-refractivity contribution in [3.8, 4) is 0 Å². The van der Waals surface area contributed by atoms with E-state index in [0.717, 1.165) is 5.01 Å². The van der Waals surface area contributed by atoms with Gasteiger partial charge in [-0.3, -0.25) is 0 Å². The normalized spacial score (nSPS) is 18.7. The summed E-state index contributed by atoms with van der Waals surface area (Å²) in [5, 5.41) is 11.5. The molecule has 1 aromatic rings. The summed E-state index contributed by atoms with van der Waals surface area (Å²) in [6.45, 7) is 0. The summed E-state index contributed by atoms with van der Waals surface area (Å²) in [6, 6.07) is 0. The zero-order valence-electron chi connectivity index (χ0n) is 8.61. The standard InChI is InChI=1S/C11H15NO2S/c13-11(14)9-7-15-10(12-9)8-5-3-1-2-4-6-8/h7-8H,1-6H2,(H,13,14). The van der Waals surface area contributed by atoms with E-state index in [0.29, 0.717) is 5.92 Å². The molecule has 0 aromatic carbocycles. The minimum absolute atomic E-state index is 0.208. The highest BCUT2D eigenvalue weighted by Crippen LogP contribution is 2.33. The second-order valence-corrected chi connectivity index (χ2v) is 4.95. The van der Waals surface area contributed by atoms with E-state index in [9.17, 15) is 4.79 Å². The number of nitrogens with zero attached hydrogens (tertiary/aromatic N) is 1. The van der Waals surface area contributed by atoms with Gasteiger partial charge < -0.3 is 5.11 Å². The van der Waals surface area contributed by atoms with Gasteiger partial charge in [-0.2, -0.15) is 0 Å². The molecule has 0 atom stereocenters. The number of carboxylic acid groups (broad SMARTS) is 1. The molecule has 0 bridgehead atoms. The Morgan fingerprint density at radius 1 is 1.33 bits per heavy atom. The number of thiazole rings is 1. The van der Waals surface area contributed by atoms with E-state index in [4.69, 9.17) is 5.11 Å². The van der Waals surface area contributed by atoms with Gasteiger partial charge in [-0.15, -0.1) is 11.3 Å². The van der Waals surface area contributed by atoms with Crippen molar-refractivity contribution in [2.45, 2.75) is 44.4 Å². The van der Waals surface area contributed by atoms with Crippen LogP contribution in [0.3, 0.4) is 0 Å². The second kappa shape index (κ2) is 4.75. The molecule has 3 nitrogen and oxygen atoms in total. The van der Waals surface area contributed by atoms with Crippen LogP contribution < -0.4 is 0 Å². The van der Waals surface area contributed by atoms with Gasteiger partial charge in [0.05, 0.1) is 5.01 Å². The first-order valence-electron chi connectivity index (χ1n) is 5.46. The van der Waals surface area contributed by atoms with E-state index in [1.165, 1.54) is 49.9 Å². The Bertz CT molecular complexity index is 340. The molecular weight excluding hydrogens is 210 g/mol. The van der Waals surface area contributed by atoms with Crippen molar-refractivity contribution in [2.75, 3.05) is 0 Å². The Balaban J connectivity index is 2.10. The van der Waals surface area contributed by atoms with Crippen LogP contribution in [0.1, 0.15) is 59.9 Å². The largest absolute Gasteiger partial charge is 0.476 e. The van der Waals surface area contributed by atoms with Crippen LogP contribution in [-0.2, 0) is 0 Å². The average molecular weight is 225 g/mol. The van der Waals surface area contributed by atoms with Crippen LogP contribution >= 0.6 is 11.3 Å². The fraction of sp³-hybridized carbons (Fsp3) is 0.636. The number of rotatable bonds is 2. The Hall–Kier alpha value is -0.900. The van der Waals surface area contributed by atoms with E-state index in [1.807, 2.05) is 0 Å².